The molecule has 1 N–H and O–H groups in total. The molecular formula is C28H36IN3O3. The number of benzene rings is 2. The number of hydrogen-bond donors (Lipinski definition) is 1. The monoisotopic (exact) mass is 589 g/mol. The lowest BCUT2D eigenvalue weighted by molar-refractivity contribution is 0.0939. The zero-order valence-corrected chi connectivity index (χ0v) is 23.1. The van der Waals surface area contributed by atoms with Crippen LogP contribution in [0.15, 0.2) is 36.4 Å². The number of rotatable bonds is 9. The molecule has 1 aliphatic carbocycles. The summed E-state index contributed by atoms with van der Waals surface area (Å²) in [5.41, 5.74) is 3.86. The van der Waals surface area contributed by atoms with Crippen LogP contribution in [-0.4, -0.2) is 54.2 Å². The van der Waals surface area contributed by atoms with Crippen LogP contribution in [0, 0.1) is 12.8 Å². The molecule has 0 spiro atoms. The van der Waals surface area contributed by atoms with E-state index in [2.05, 4.69) is 55.9 Å². The number of nitrogens with one attached hydrogen (secondary N) is 1. The average Bonchev–Trinajstić information content (AvgIpc) is 3.66. The van der Waals surface area contributed by atoms with Crippen molar-refractivity contribution >= 4 is 34.2 Å². The Morgan fingerprint density at radius 3 is 2.46 bits per heavy atom. The molecule has 3 atom stereocenters. The number of fused-ring (bicyclic) bond motifs is 2. The molecule has 188 valence electrons. The van der Waals surface area contributed by atoms with Crippen LogP contribution in [0.1, 0.15) is 60.1 Å². The van der Waals surface area contributed by atoms with E-state index in [0.717, 1.165) is 58.1 Å². The Morgan fingerprint density at radius 1 is 1.09 bits per heavy atom. The van der Waals surface area contributed by atoms with E-state index in [1.165, 1.54) is 25.7 Å². The maximum Gasteiger partial charge on any atom is 0.252 e. The highest BCUT2D eigenvalue weighted by Gasteiger charge is 2.39. The van der Waals surface area contributed by atoms with Crippen molar-refractivity contribution in [1.29, 1.82) is 0 Å². The number of piperazine rings is 1. The molecule has 2 aromatic carbocycles. The third kappa shape index (κ3) is 5.56. The molecule has 3 fully saturated rings. The molecule has 5 rings (SSSR count). The van der Waals surface area contributed by atoms with Crippen LogP contribution in [0.25, 0.3) is 0 Å². The standard InChI is InChI=1S/C28H36IN3O3/c1-18-4-7-22(31-14-23-8-9-24(15-31)32(23)17-29)12-27(18)28(33)30-19(2)21-10-25(34-3)13-26(11-21)35-16-20-5-6-20/h4,7,10-13,19-20,23-24H,5-6,8-9,14-17H2,1-3H3,(H,30,33)/t19-,23-,24+/m1/s1. The molecule has 0 radical (unpaired) electrons. The highest BCUT2D eigenvalue weighted by Crippen LogP contribution is 2.34. The van der Waals surface area contributed by atoms with Crippen molar-refractivity contribution in [2.75, 3.05) is 36.3 Å². The van der Waals surface area contributed by atoms with Crippen LogP contribution in [-0.2, 0) is 0 Å². The summed E-state index contributed by atoms with van der Waals surface area (Å²) in [6.07, 6.45) is 5.04. The van der Waals surface area contributed by atoms with E-state index in [4.69, 9.17) is 9.47 Å². The highest BCUT2D eigenvalue weighted by molar-refractivity contribution is 14.1. The van der Waals surface area contributed by atoms with Crippen LogP contribution in [0.3, 0.4) is 0 Å². The van der Waals surface area contributed by atoms with E-state index < -0.39 is 0 Å². The number of aryl methyl sites for hydroxylation is 1. The molecule has 2 heterocycles. The molecule has 0 aromatic heterocycles. The molecule has 2 aliphatic heterocycles. The molecule has 2 saturated heterocycles. The number of ether oxygens (including phenoxy) is 2. The van der Waals surface area contributed by atoms with Crippen molar-refractivity contribution in [1.82, 2.24) is 10.2 Å². The van der Waals surface area contributed by atoms with Crippen LogP contribution in [0.2, 0.25) is 0 Å². The van der Waals surface area contributed by atoms with Crippen molar-refractivity contribution in [3.8, 4) is 11.5 Å². The van der Waals surface area contributed by atoms with Gasteiger partial charge in [-0.25, -0.2) is 0 Å². The Morgan fingerprint density at radius 2 is 1.80 bits per heavy atom. The summed E-state index contributed by atoms with van der Waals surface area (Å²) in [5, 5.41) is 3.21. The third-order valence-corrected chi connectivity index (χ3v) is 8.56. The molecule has 7 heteroatoms. The van der Waals surface area contributed by atoms with E-state index in [1.807, 2.05) is 32.0 Å². The Balaban J connectivity index is 1.29. The second kappa shape index (κ2) is 10.5. The van der Waals surface area contributed by atoms with Crippen LogP contribution >= 0.6 is 22.6 Å². The van der Waals surface area contributed by atoms with Gasteiger partial charge in [-0.1, -0.05) is 28.7 Å². The smallest absolute Gasteiger partial charge is 0.252 e. The summed E-state index contributed by atoms with van der Waals surface area (Å²) < 4.78 is 12.6. The number of carbonyl (C=O) groups is 1. The van der Waals surface area contributed by atoms with Gasteiger partial charge >= 0.3 is 0 Å². The maximum absolute atomic E-state index is 13.4. The summed E-state index contributed by atoms with van der Waals surface area (Å²) in [7, 11) is 1.66. The van der Waals surface area contributed by atoms with Crippen molar-refractivity contribution in [2.45, 2.75) is 57.7 Å². The minimum Gasteiger partial charge on any atom is -0.497 e. The number of carbonyl (C=O) groups excluding carboxylic acids is 1. The van der Waals surface area contributed by atoms with Gasteiger partial charge in [-0.05, 0) is 80.8 Å². The van der Waals surface area contributed by atoms with Gasteiger partial charge in [0.05, 0.1) is 24.3 Å². The zero-order chi connectivity index (χ0) is 24.5. The van der Waals surface area contributed by atoms with E-state index in [9.17, 15) is 4.79 Å². The molecule has 2 aromatic rings. The van der Waals surface area contributed by atoms with Crippen molar-refractivity contribution in [3.05, 3.63) is 53.1 Å². The van der Waals surface area contributed by atoms with Gasteiger partial charge in [0.15, 0.2) is 0 Å². The zero-order valence-electron chi connectivity index (χ0n) is 20.9. The number of amides is 1. The molecule has 1 saturated carbocycles. The van der Waals surface area contributed by atoms with Gasteiger partial charge in [-0.2, -0.15) is 0 Å². The third-order valence-electron chi connectivity index (χ3n) is 7.77. The molecule has 6 nitrogen and oxygen atoms in total. The van der Waals surface area contributed by atoms with Crippen molar-refractivity contribution in [2.24, 2.45) is 5.92 Å². The maximum atomic E-state index is 13.4. The molecule has 35 heavy (non-hydrogen) atoms. The fraction of sp³-hybridized carbons (Fsp3) is 0.536. The lowest BCUT2D eigenvalue weighted by atomic mass is 10.0. The van der Waals surface area contributed by atoms with Gasteiger partial charge in [0.1, 0.15) is 11.5 Å². The highest BCUT2D eigenvalue weighted by atomic mass is 127. The summed E-state index contributed by atoms with van der Waals surface area (Å²) in [6.45, 7) is 6.84. The summed E-state index contributed by atoms with van der Waals surface area (Å²) in [5.74, 6) is 2.17. The van der Waals surface area contributed by atoms with Crippen LogP contribution in [0.4, 0.5) is 5.69 Å². The van der Waals surface area contributed by atoms with Gasteiger partial charge in [0.25, 0.3) is 5.91 Å². The quantitative estimate of drug-likeness (QED) is 0.244. The number of hydrogen-bond acceptors (Lipinski definition) is 5. The first-order chi connectivity index (χ1) is 16.9. The second-order valence-corrected chi connectivity index (χ2v) is 11.0. The second-order valence-electron chi connectivity index (χ2n) is 10.3. The van der Waals surface area contributed by atoms with Crippen LogP contribution < -0.4 is 19.7 Å². The van der Waals surface area contributed by atoms with E-state index in [0.29, 0.717) is 18.0 Å². The predicted octanol–water partition coefficient (Wildman–Crippen LogP) is 5.33. The molecule has 1 amide bonds. The summed E-state index contributed by atoms with van der Waals surface area (Å²) >= 11 is 2.49. The molecular weight excluding hydrogens is 553 g/mol. The number of halogens is 1. The number of alkyl halides is 1. The summed E-state index contributed by atoms with van der Waals surface area (Å²) in [4.78, 5) is 18.5. The Hall–Kier alpha value is -2.00. The SMILES string of the molecule is COc1cc(OCC2CC2)cc([C@@H](C)NC(=O)c2cc(N3C[C@H]4CC[C@@H](C3)N4CI)ccc2C)c1. The van der Waals surface area contributed by atoms with E-state index >= 15 is 0 Å². The van der Waals surface area contributed by atoms with Gasteiger partial charge in [0.2, 0.25) is 0 Å². The fourth-order valence-electron chi connectivity index (χ4n) is 5.35. The topological polar surface area (TPSA) is 54.0 Å². The predicted molar refractivity (Wildman–Crippen MR) is 148 cm³/mol. The average molecular weight is 590 g/mol. The normalized spacial score (nSPS) is 22.7. The van der Waals surface area contributed by atoms with Crippen LogP contribution in [0.5, 0.6) is 11.5 Å². The lowest BCUT2D eigenvalue weighted by Crippen LogP contribution is -2.53. The van der Waals surface area contributed by atoms with Crippen molar-refractivity contribution in [3.63, 3.8) is 0 Å². The number of anilines is 1. The first-order valence-electron chi connectivity index (χ1n) is 12.7. The number of nitrogens with zero attached hydrogens (tertiary/aromatic N) is 2. The molecule has 0 unspecified atom stereocenters. The van der Waals surface area contributed by atoms with Gasteiger partial charge in [-0.15, -0.1) is 0 Å². The first kappa shape index (κ1) is 24.7. The van der Waals surface area contributed by atoms with Gasteiger partial charge in [0, 0.05) is 42.5 Å². The first-order valence-corrected chi connectivity index (χ1v) is 14.3. The minimum absolute atomic E-state index is 0.0472. The summed E-state index contributed by atoms with van der Waals surface area (Å²) in [6, 6.07) is 13.3. The fourth-order valence-corrected chi connectivity index (χ4v) is 6.46. The molecule has 2 bridgehead atoms. The Bertz CT molecular complexity index is 1060. The van der Waals surface area contributed by atoms with E-state index in [-0.39, 0.29) is 11.9 Å². The van der Waals surface area contributed by atoms with Gasteiger partial charge < -0.3 is 19.7 Å². The number of methoxy groups -OCH3 is 1. The molecule has 3 aliphatic rings. The van der Waals surface area contributed by atoms with Gasteiger partial charge in [-0.3, -0.25) is 9.69 Å². The van der Waals surface area contributed by atoms with E-state index in [1.54, 1.807) is 7.11 Å². The lowest BCUT2D eigenvalue weighted by Gasteiger charge is -2.41. The Kier molecular flexibility index (Phi) is 7.44. The largest absolute Gasteiger partial charge is 0.497 e. The van der Waals surface area contributed by atoms with Crippen molar-refractivity contribution < 1.29 is 14.3 Å². The Labute approximate surface area is 222 Å². The minimum atomic E-state index is -0.174.